The van der Waals surface area contributed by atoms with E-state index >= 15 is 0 Å². The molecule has 2 aromatic carbocycles. The van der Waals surface area contributed by atoms with Gasteiger partial charge in [-0.1, -0.05) is 0 Å². The molecule has 3 aromatic rings. The lowest BCUT2D eigenvalue weighted by Crippen LogP contribution is -2.22. The van der Waals surface area contributed by atoms with E-state index < -0.39 is 57.6 Å². The number of hydrogen-bond acceptors (Lipinski definition) is 6. The zero-order valence-electron chi connectivity index (χ0n) is 16.8. The summed E-state index contributed by atoms with van der Waals surface area (Å²) >= 11 is 0. The normalized spacial score (nSPS) is 11.3. The van der Waals surface area contributed by atoms with Crippen LogP contribution in [0, 0.1) is 17.5 Å². The van der Waals surface area contributed by atoms with E-state index in [4.69, 9.17) is 10.2 Å². The van der Waals surface area contributed by atoms with E-state index in [2.05, 4.69) is 5.32 Å². The fraction of sp³-hybridized carbons (Fsp3) is 0.238. The number of anilines is 2. The van der Waals surface area contributed by atoms with Crippen LogP contribution in [0.5, 0.6) is 0 Å². The van der Waals surface area contributed by atoms with Crippen LogP contribution in [0.25, 0.3) is 22.3 Å². The summed E-state index contributed by atoms with van der Waals surface area (Å²) in [4.78, 5) is 26.7. The van der Waals surface area contributed by atoms with E-state index in [1.54, 1.807) is 19.0 Å². The number of aliphatic hydroxyl groups excluding tert-OH is 1. The third-order valence-electron chi connectivity index (χ3n) is 4.64. The van der Waals surface area contributed by atoms with Crippen LogP contribution in [0.2, 0.25) is 0 Å². The lowest BCUT2D eigenvalue weighted by molar-refractivity contribution is -0.116. The molecule has 0 spiro atoms. The lowest BCUT2D eigenvalue weighted by atomic mass is 10.1. The number of aliphatic hydroxyl groups is 1. The quantitative estimate of drug-likeness (QED) is 0.514. The molecule has 0 unspecified atom stereocenters. The summed E-state index contributed by atoms with van der Waals surface area (Å²) in [7, 11) is 3.47. The van der Waals surface area contributed by atoms with Crippen molar-refractivity contribution in [1.29, 1.82) is 0 Å². The first-order valence-corrected chi connectivity index (χ1v) is 9.22. The lowest BCUT2D eigenvalue weighted by Gasteiger charge is -2.15. The van der Waals surface area contributed by atoms with Crippen molar-refractivity contribution in [2.24, 2.45) is 0 Å². The molecule has 3 rings (SSSR count). The highest BCUT2D eigenvalue weighted by atomic mass is 19.1. The number of fused-ring (bicyclic) bond motifs is 1. The van der Waals surface area contributed by atoms with Crippen molar-refractivity contribution in [2.75, 3.05) is 31.7 Å². The molecule has 0 saturated heterocycles. The van der Waals surface area contributed by atoms with E-state index in [-0.39, 0.29) is 23.4 Å². The molecule has 0 aliphatic heterocycles. The average Bonchev–Trinajstić information content (AvgIpc) is 2.71. The van der Waals surface area contributed by atoms with Gasteiger partial charge in [-0.05, 0) is 32.3 Å². The van der Waals surface area contributed by atoms with Gasteiger partial charge in [-0.3, -0.25) is 9.59 Å². The Morgan fingerprint density at radius 1 is 1.19 bits per heavy atom. The number of nitrogens with zero attached hydrogens (tertiary/aromatic N) is 1. The number of nitrogens with one attached hydrogen (secondary N) is 1. The highest BCUT2D eigenvalue weighted by molar-refractivity contribution is 6.01. The van der Waals surface area contributed by atoms with E-state index in [0.29, 0.717) is 6.54 Å². The Morgan fingerprint density at radius 3 is 2.52 bits per heavy atom. The van der Waals surface area contributed by atoms with Crippen molar-refractivity contribution >= 4 is 28.3 Å². The number of amides is 1. The Morgan fingerprint density at radius 2 is 1.90 bits per heavy atom. The monoisotopic (exact) mass is 435 g/mol. The van der Waals surface area contributed by atoms with Gasteiger partial charge >= 0.3 is 0 Å². The number of nitrogens with two attached hydrogens (primary N) is 1. The van der Waals surface area contributed by atoms with Crippen molar-refractivity contribution in [2.45, 2.75) is 13.0 Å². The Labute approximate surface area is 174 Å². The molecule has 0 atom stereocenters. The number of benzene rings is 2. The second-order valence-electron chi connectivity index (χ2n) is 7.16. The van der Waals surface area contributed by atoms with Crippen molar-refractivity contribution in [3.05, 3.63) is 57.5 Å². The molecule has 0 aliphatic carbocycles. The second-order valence-corrected chi connectivity index (χ2v) is 7.16. The highest BCUT2D eigenvalue weighted by Gasteiger charge is 2.25. The summed E-state index contributed by atoms with van der Waals surface area (Å²) in [6, 6.07) is 4.53. The molecule has 7 nitrogen and oxygen atoms in total. The molecule has 31 heavy (non-hydrogen) atoms. The van der Waals surface area contributed by atoms with Crippen molar-refractivity contribution in [3.8, 4) is 11.3 Å². The van der Waals surface area contributed by atoms with Gasteiger partial charge in [0.05, 0.1) is 28.9 Å². The Kier molecular flexibility index (Phi) is 6.32. The van der Waals surface area contributed by atoms with Crippen LogP contribution in [-0.2, 0) is 11.4 Å². The van der Waals surface area contributed by atoms with Gasteiger partial charge in [0.15, 0.2) is 22.6 Å². The number of carbonyl (C=O) groups is 1. The third-order valence-corrected chi connectivity index (χ3v) is 4.64. The van der Waals surface area contributed by atoms with Gasteiger partial charge in [0.25, 0.3) is 0 Å². The zero-order chi connectivity index (χ0) is 22.9. The fourth-order valence-corrected chi connectivity index (χ4v) is 2.98. The van der Waals surface area contributed by atoms with Gasteiger partial charge in [-0.25, -0.2) is 13.2 Å². The smallest absolute Gasteiger partial charge is 0.225 e. The molecule has 1 amide bonds. The second kappa shape index (κ2) is 8.78. The topological polar surface area (TPSA) is 109 Å². The van der Waals surface area contributed by atoms with Gasteiger partial charge in [0.2, 0.25) is 5.91 Å². The predicted molar refractivity (Wildman–Crippen MR) is 110 cm³/mol. The zero-order valence-corrected chi connectivity index (χ0v) is 16.8. The molecule has 0 bridgehead atoms. The Balaban J connectivity index is 2.21. The molecule has 10 heteroatoms. The first-order chi connectivity index (χ1) is 14.6. The van der Waals surface area contributed by atoms with Crippen LogP contribution in [0.3, 0.4) is 0 Å². The van der Waals surface area contributed by atoms with Crippen LogP contribution in [-0.4, -0.2) is 36.6 Å². The molecule has 0 aliphatic rings. The van der Waals surface area contributed by atoms with E-state index in [1.165, 1.54) is 12.1 Å². The van der Waals surface area contributed by atoms with Gasteiger partial charge in [0, 0.05) is 24.6 Å². The maximum atomic E-state index is 14.9. The molecule has 4 N–H and O–H groups in total. The molecule has 1 heterocycles. The average molecular weight is 435 g/mol. The van der Waals surface area contributed by atoms with Gasteiger partial charge < -0.3 is 25.5 Å². The van der Waals surface area contributed by atoms with Crippen molar-refractivity contribution in [1.82, 2.24) is 4.90 Å². The van der Waals surface area contributed by atoms with E-state index in [9.17, 15) is 27.9 Å². The first kappa shape index (κ1) is 22.3. The minimum atomic E-state index is -1.30. The van der Waals surface area contributed by atoms with E-state index in [0.717, 1.165) is 12.1 Å². The summed E-state index contributed by atoms with van der Waals surface area (Å²) in [5, 5.41) is 11.2. The van der Waals surface area contributed by atoms with Crippen molar-refractivity contribution in [3.63, 3.8) is 0 Å². The summed E-state index contributed by atoms with van der Waals surface area (Å²) in [6.07, 6.45) is -0.0199. The molecule has 0 saturated carbocycles. The number of rotatable bonds is 6. The maximum Gasteiger partial charge on any atom is 0.225 e. The Hall–Kier alpha value is -3.37. The van der Waals surface area contributed by atoms with Crippen LogP contribution in [0.15, 0.2) is 33.5 Å². The SMILES string of the molecule is CN(C)CCC(=O)Nc1c(F)c(CO)c(F)c2oc(-c3ccc(N)c(F)c3)cc(=O)c12. The largest absolute Gasteiger partial charge is 0.453 e. The van der Waals surface area contributed by atoms with Gasteiger partial charge in [-0.2, -0.15) is 0 Å². The van der Waals surface area contributed by atoms with Gasteiger partial charge in [-0.15, -0.1) is 0 Å². The predicted octanol–water partition coefficient (Wildman–Crippen LogP) is 2.84. The third kappa shape index (κ3) is 4.39. The molecule has 0 radical (unpaired) electrons. The number of hydrogen-bond donors (Lipinski definition) is 3. The summed E-state index contributed by atoms with van der Waals surface area (Å²) in [6.45, 7) is -0.695. The standard InChI is InChI=1S/C21H20F3N3O4/c1-27(2)6-5-16(30)26-20-17-14(29)8-15(10-3-4-13(25)12(22)7-10)31-21(17)19(24)11(9-28)18(20)23/h3-4,7-8,28H,5-6,9,25H2,1-2H3,(H,26,30). The van der Waals surface area contributed by atoms with Crippen LogP contribution >= 0.6 is 0 Å². The number of carbonyl (C=O) groups excluding carboxylic acids is 1. The molecular formula is C21H20F3N3O4. The summed E-state index contributed by atoms with van der Waals surface area (Å²) in [5.41, 5.74) is 2.49. The first-order valence-electron chi connectivity index (χ1n) is 9.22. The minimum Gasteiger partial charge on any atom is -0.453 e. The van der Waals surface area contributed by atoms with Gasteiger partial charge in [0.1, 0.15) is 11.6 Å². The number of halogens is 3. The van der Waals surface area contributed by atoms with Crippen LogP contribution in [0.4, 0.5) is 24.5 Å². The van der Waals surface area contributed by atoms with Crippen molar-refractivity contribution < 1.29 is 27.5 Å². The fourth-order valence-electron chi connectivity index (χ4n) is 2.98. The molecular weight excluding hydrogens is 415 g/mol. The number of nitrogen functional groups attached to an aromatic ring is 1. The Bertz CT molecular complexity index is 1220. The van der Waals surface area contributed by atoms with Crippen LogP contribution < -0.4 is 16.5 Å². The van der Waals surface area contributed by atoms with Crippen LogP contribution in [0.1, 0.15) is 12.0 Å². The maximum absolute atomic E-state index is 14.9. The minimum absolute atomic E-state index is 0.0199. The molecule has 0 fully saturated rings. The summed E-state index contributed by atoms with van der Waals surface area (Å²) in [5.74, 6) is -4.16. The summed E-state index contributed by atoms with van der Waals surface area (Å²) < 4.78 is 49.0. The molecule has 164 valence electrons. The van der Waals surface area contributed by atoms with E-state index in [1.807, 2.05) is 0 Å². The molecule has 1 aromatic heterocycles. The highest BCUT2D eigenvalue weighted by Crippen LogP contribution is 2.34.